The highest BCUT2D eigenvalue weighted by atomic mass is 16.1. The molecule has 0 saturated heterocycles. The third-order valence-electron chi connectivity index (χ3n) is 5.98. The van der Waals surface area contributed by atoms with Gasteiger partial charge in [0.05, 0.1) is 28.3 Å². The van der Waals surface area contributed by atoms with Crippen molar-refractivity contribution >= 4 is 34.5 Å². The van der Waals surface area contributed by atoms with Crippen LogP contribution in [0.1, 0.15) is 27.3 Å². The fourth-order valence-electron chi connectivity index (χ4n) is 4.60. The highest BCUT2D eigenvalue weighted by Gasteiger charge is 2.25. The van der Waals surface area contributed by atoms with Gasteiger partial charge < -0.3 is 20.9 Å². The number of pyridine rings is 2. The number of nitrogens with one attached hydrogen (secondary N) is 3. The molecule has 178 valence electrons. The van der Waals surface area contributed by atoms with Gasteiger partial charge in [-0.05, 0) is 32.0 Å². The quantitative estimate of drug-likeness (QED) is 0.402. The van der Waals surface area contributed by atoms with E-state index in [2.05, 4.69) is 55.2 Å². The Bertz CT molecular complexity index is 1420. The van der Waals surface area contributed by atoms with E-state index in [1.54, 1.807) is 13.2 Å². The molecule has 1 aliphatic heterocycles. The van der Waals surface area contributed by atoms with Crippen LogP contribution in [-0.4, -0.2) is 39.8 Å². The number of para-hydroxylation sites is 1. The first kappa shape index (κ1) is 22.4. The van der Waals surface area contributed by atoms with Crippen LogP contribution >= 0.6 is 0 Å². The minimum atomic E-state index is -0.215. The molecule has 1 aromatic carbocycles. The highest BCUT2D eigenvalue weighted by molar-refractivity contribution is 6.01. The monoisotopic (exact) mass is 468 g/mol. The van der Waals surface area contributed by atoms with Crippen LogP contribution in [0.2, 0.25) is 0 Å². The van der Waals surface area contributed by atoms with Crippen molar-refractivity contribution in [2.75, 3.05) is 29.6 Å². The minimum Gasteiger partial charge on any atom is -0.368 e. The van der Waals surface area contributed by atoms with Crippen LogP contribution in [0.4, 0.5) is 28.6 Å². The molecule has 1 amide bonds. The number of hydrogen-bond donors (Lipinski definition) is 3. The Morgan fingerprint density at radius 2 is 1.80 bits per heavy atom. The summed E-state index contributed by atoms with van der Waals surface area (Å²) >= 11 is 0. The van der Waals surface area contributed by atoms with Gasteiger partial charge in [-0.1, -0.05) is 12.1 Å². The summed E-state index contributed by atoms with van der Waals surface area (Å²) in [7, 11) is 5.61. The second-order valence-corrected chi connectivity index (χ2v) is 8.82. The van der Waals surface area contributed by atoms with Crippen molar-refractivity contribution in [3.8, 4) is 11.3 Å². The molecule has 0 fully saturated rings. The smallest absolute Gasteiger partial charge is 0.254 e. The van der Waals surface area contributed by atoms with Crippen LogP contribution in [-0.2, 0) is 13.6 Å². The predicted octanol–water partition coefficient (Wildman–Crippen LogP) is 4.29. The van der Waals surface area contributed by atoms with E-state index in [9.17, 15) is 4.79 Å². The molecule has 0 radical (unpaired) electrons. The second kappa shape index (κ2) is 8.75. The maximum Gasteiger partial charge on any atom is 0.254 e. The van der Waals surface area contributed by atoms with Gasteiger partial charge in [0.15, 0.2) is 0 Å². The number of anilines is 5. The summed E-state index contributed by atoms with van der Waals surface area (Å²) in [4.78, 5) is 23.8. The van der Waals surface area contributed by atoms with E-state index >= 15 is 0 Å². The summed E-state index contributed by atoms with van der Waals surface area (Å²) in [6.45, 7) is 4.66. The minimum absolute atomic E-state index is 0.215. The molecule has 0 atom stereocenters. The number of amides is 1. The predicted molar refractivity (Wildman–Crippen MR) is 139 cm³/mol. The largest absolute Gasteiger partial charge is 0.368 e. The van der Waals surface area contributed by atoms with Gasteiger partial charge in [0.1, 0.15) is 5.82 Å². The first-order chi connectivity index (χ1) is 16.8. The van der Waals surface area contributed by atoms with Crippen molar-refractivity contribution in [3.63, 3.8) is 0 Å². The molecule has 0 spiro atoms. The van der Waals surface area contributed by atoms with Crippen molar-refractivity contribution in [2.45, 2.75) is 20.4 Å². The van der Waals surface area contributed by atoms with E-state index in [-0.39, 0.29) is 5.91 Å². The number of benzene rings is 1. The first-order valence-electron chi connectivity index (χ1n) is 11.4. The van der Waals surface area contributed by atoms with E-state index in [0.717, 1.165) is 46.3 Å². The normalized spacial score (nSPS) is 12.1. The highest BCUT2D eigenvalue weighted by Crippen LogP contribution is 2.43. The Balaban J connectivity index is 1.56. The zero-order valence-electron chi connectivity index (χ0n) is 20.5. The van der Waals surface area contributed by atoms with E-state index in [1.165, 1.54) is 5.56 Å². The number of nitrogens with zero attached hydrogens (tertiary/aromatic N) is 5. The van der Waals surface area contributed by atoms with E-state index in [0.29, 0.717) is 17.1 Å². The fourth-order valence-corrected chi connectivity index (χ4v) is 4.60. The molecule has 9 heteroatoms. The summed E-state index contributed by atoms with van der Waals surface area (Å²) < 4.78 is 1.85. The van der Waals surface area contributed by atoms with Crippen LogP contribution in [0.15, 0.2) is 48.8 Å². The lowest BCUT2D eigenvalue weighted by atomic mass is 9.99. The molecular formula is C26H28N8O. The Kier molecular flexibility index (Phi) is 5.60. The first-order valence-corrected chi connectivity index (χ1v) is 11.4. The summed E-state index contributed by atoms with van der Waals surface area (Å²) in [6, 6.07) is 11.9. The zero-order chi connectivity index (χ0) is 24.7. The molecule has 3 N–H and O–H groups in total. The topological polar surface area (TPSA) is 100 Å². The lowest BCUT2D eigenvalue weighted by Crippen LogP contribution is -2.23. The Labute approximate surface area is 204 Å². The van der Waals surface area contributed by atoms with Gasteiger partial charge in [0, 0.05) is 74.3 Å². The average molecular weight is 469 g/mol. The number of fused-ring (bicyclic) bond motifs is 3. The molecule has 3 aromatic heterocycles. The van der Waals surface area contributed by atoms with Crippen LogP contribution in [0.5, 0.6) is 0 Å². The molecule has 4 heterocycles. The SMILES string of the molecule is CNC(=O)c1cnc(Nc2cc(C)nc(C)c2)cc1Nc1cccc2c1N(C)Cc1cn(C)nc1-2. The second-order valence-electron chi connectivity index (χ2n) is 8.82. The maximum atomic E-state index is 12.7. The number of carbonyl (C=O) groups excluding carboxylic acids is 1. The van der Waals surface area contributed by atoms with E-state index in [1.807, 2.05) is 55.9 Å². The van der Waals surface area contributed by atoms with Gasteiger partial charge in [-0.15, -0.1) is 0 Å². The van der Waals surface area contributed by atoms with Crippen LogP contribution in [0.3, 0.4) is 0 Å². The van der Waals surface area contributed by atoms with Gasteiger partial charge in [-0.2, -0.15) is 5.10 Å². The van der Waals surface area contributed by atoms with Gasteiger partial charge in [0.2, 0.25) is 0 Å². The summed E-state index contributed by atoms with van der Waals surface area (Å²) in [6.07, 6.45) is 3.64. The van der Waals surface area contributed by atoms with Crippen molar-refractivity contribution in [1.82, 2.24) is 25.1 Å². The number of carbonyl (C=O) groups is 1. The number of rotatable bonds is 5. The summed E-state index contributed by atoms with van der Waals surface area (Å²) in [5, 5.41) is 14.2. The summed E-state index contributed by atoms with van der Waals surface area (Å²) in [5.74, 6) is 0.405. The van der Waals surface area contributed by atoms with Gasteiger partial charge in [0.25, 0.3) is 5.91 Å². The molecule has 0 saturated carbocycles. The van der Waals surface area contributed by atoms with Crippen molar-refractivity contribution in [1.29, 1.82) is 0 Å². The van der Waals surface area contributed by atoms with Crippen molar-refractivity contribution in [2.24, 2.45) is 7.05 Å². The standard InChI is InChI=1S/C26H28N8O/c1-15-9-18(10-16(2)29-15)30-23-11-22(20(12-28-23)26(35)27-3)31-21-8-6-7-19-24-17(14-34(5)32-24)13-33(4)25(19)21/h6-12,14H,13H2,1-5H3,(H,27,35)(H2,28,29,30,31). The molecule has 1 aliphatic rings. The molecule has 35 heavy (non-hydrogen) atoms. The molecular weight excluding hydrogens is 440 g/mol. The molecule has 9 nitrogen and oxygen atoms in total. The fraction of sp³-hybridized carbons (Fsp3) is 0.231. The van der Waals surface area contributed by atoms with E-state index < -0.39 is 0 Å². The molecule has 0 bridgehead atoms. The number of hydrogen-bond acceptors (Lipinski definition) is 7. The number of aromatic nitrogens is 4. The molecule has 0 aliphatic carbocycles. The van der Waals surface area contributed by atoms with Gasteiger partial charge in [-0.3, -0.25) is 14.5 Å². The molecule has 4 aromatic rings. The van der Waals surface area contributed by atoms with Crippen LogP contribution in [0.25, 0.3) is 11.3 Å². The maximum absolute atomic E-state index is 12.7. The lowest BCUT2D eigenvalue weighted by molar-refractivity contribution is 0.0963. The third kappa shape index (κ3) is 4.28. The Hall–Kier alpha value is -4.40. The third-order valence-corrected chi connectivity index (χ3v) is 5.98. The van der Waals surface area contributed by atoms with Gasteiger partial charge >= 0.3 is 0 Å². The van der Waals surface area contributed by atoms with E-state index in [4.69, 9.17) is 0 Å². The molecule has 5 rings (SSSR count). The number of aryl methyl sites for hydroxylation is 3. The van der Waals surface area contributed by atoms with Crippen molar-refractivity contribution in [3.05, 3.63) is 71.3 Å². The average Bonchev–Trinajstić information content (AvgIpc) is 3.18. The Morgan fingerprint density at radius 3 is 2.54 bits per heavy atom. The summed E-state index contributed by atoms with van der Waals surface area (Å²) in [5.41, 5.74) is 8.97. The van der Waals surface area contributed by atoms with Crippen molar-refractivity contribution < 1.29 is 4.79 Å². The van der Waals surface area contributed by atoms with Crippen LogP contribution in [0, 0.1) is 13.8 Å². The van der Waals surface area contributed by atoms with Gasteiger partial charge in [-0.25, -0.2) is 4.98 Å². The van der Waals surface area contributed by atoms with Crippen LogP contribution < -0.4 is 20.9 Å². The molecule has 0 unspecified atom stereocenters. The zero-order valence-corrected chi connectivity index (χ0v) is 20.5. The Morgan fingerprint density at radius 1 is 1.03 bits per heavy atom. The lowest BCUT2D eigenvalue weighted by Gasteiger charge is -2.29.